The van der Waals surface area contributed by atoms with Gasteiger partial charge in [0, 0.05) is 18.8 Å². The highest BCUT2D eigenvalue weighted by Crippen LogP contribution is 2.14. The molecule has 0 unspecified atom stereocenters. The molecule has 0 radical (unpaired) electrons. The van der Waals surface area contributed by atoms with E-state index in [1.165, 1.54) is 0 Å². The van der Waals surface area contributed by atoms with Crippen molar-refractivity contribution in [2.24, 2.45) is 0 Å². The number of rotatable bonds is 5. The quantitative estimate of drug-likeness (QED) is 0.866. The molecule has 1 fully saturated rings. The SMILES string of the molecule is Cc1cccc(S(=O)(=O)NCc2cc(C)nc(N3CCOCC3)n2)c1. The second kappa shape index (κ2) is 7.47. The Morgan fingerprint density at radius 1 is 1.16 bits per heavy atom. The van der Waals surface area contributed by atoms with E-state index in [1.54, 1.807) is 24.3 Å². The second-order valence-electron chi connectivity index (χ2n) is 6.04. The van der Waals surface area contributed by atoms with E-state index in [1.807, 2.05) is 19.9 Å². The zero-order valence-corrected chi connectivity index (χ0v) is 15.2. The highest BCUT2D eigenvalue weighted by atomic mass is 32.2. The minimum Gasteiger partial charge on any atom is -0.378 e. The average Bonchev–Trinajstić information content (AvgIpc) is 2.60. The van der Waals surface area contributed by atoms with Gasteiger partial charge in [0.25, 0.3) is 0 Å². The van der Waals surface area contributed by atoms with E-state index < -0.39 is 10.0 Å². The summed E-state index contributed by atoms with van der Waals surface area (Å²) in [5, 5.41) is 0. The van der Waals surface area contributed by atoms with Crippen LogP contribution in [0.5, 0.6) is 0 Å². The molecule has 8 heteroatoms. The van der Waals surface area contributed by atoms with Gasteiger partial charge in [-0.3, -0.25) is 0 Å². The third kappa shape index (κ3) is 4.53. The largest absolute Gasteiger partial charge is 0.378 e. The van der Waals surface area contributed by atoms with E-state index in [2.05, 4.69) is 19.6 Å². The molecule has 0 atom stereocenters. The summed E-state index contributed by atoms with van der Waals surface area (Å²) in [5.41, 5.74) is 2.35. The van der Waals surface area contributed by atoms with Gasteiger partial charge in [0.1, 0.15) is 0 Å². The Hall–Kier alpha value is -2.03. The minimum atomic E-state index is -3.58. The van der Waals surface area contributed by atoms with Crippen LogP contribution < -0.4 is 9.62 Å². The summed E-state index contributed by atoms with van der Waals surface area (Å²) in [6.07, 6.45) is 0. The molecule has 0 saturated carbocycles. The number of ether oxygens (including phenoxy) is 1. The normalized spacial score (nSPS) is 15.4. The molecule has 1 aromatic heterocycles. The molecule has 0 spiro atoms. The van der Waals surface area contributed by atoms with E-state index >= 15 is 0 Å². The number of anilines is 1. The van der Waals surface area contributed by atoms with Gasteiger partial charge >= 0.3 is 0 Å². The van der Waals surface area contributed by atoms with E-state index in [4.69, 9.17) is 4.74 Å². The first-order valence-electron chi connectivity index (χ1n) is 8.18. The number of nitrogens with zero attached hydrogens (tertiary/aromatic N) is 3. The van der Waals surface area contributed by atoms with Crippen LogP contribution in [0.4, 0.5) is 5.95 Å². The van der Waals surface area contributed by atoms with Gasteiger partial charge in [-0.25, -0.2) is 23.1 Å². The van der Waals surface area contributed by atoms with Crippen LogP contribution in [0.1, 0.15) is 17.0 Å². The number of benzene rings is 1. The van der Waals surface area contributed by atoms with E-state index in [0.717, 1.165) is 24.3 Å². The number of hydrogen-bond acceptors (Lipinski definition) is 6. The van der Waals surface area contributed by atoms with Crippen LogP contribution in [0.15, 0.2) is 35.2 Å². The molecule has 25 heavy (non-hydrogen) atoms. The van der Waals surface area contributed by atoms with Crippen LogP contribution in [0.2, 0.25) is 0 Å². The lowest BCUT2D eigenvalue weighted by molar-refractivity contribution is 0.122. The standard InChI is InChI=1S/C17H22N4O3S/c1-13-4-3-5-16(10-13)25(22,23)18-12-15-11-14(2)19-17(20-15)21-6-8-24-9-7-21/h3-5,10-11,18H,6-9,12H2,1-2H3. The molecule has 2 aromatic rings. The van der Waals surface area contributed by atoms with Crippen LogP contribution in [-0.2, 0) is 21.3 Å². The molecule has 1 aliphatic rings. The van der Waals surface area contributed by atoms with E-state index in [-0.39, 0.29) is 11.4 Å². The summed E-state index contributed by atoms with van der Waals surface area (Å²) in [6.45, 7) is 6.62. The Morgan fingerprint density at radius 3 is 2.64 bits per heavy atom. The van der Waals surface area contributed by atoms with Gasteiger partial charge in [-0.05, 0) is 37.6 Å². The molecule has 1 N–H and O–H groups in total. The summed E-state index contributed by atoms with van der Waals surface area (Å²) in [6, 6.07) is 8.62. The van der Waals surface area contributed by atoms with Crippen molar-refractivity contribution in [1.29, 1.82) is 0 Å². The van der Waals surface area contributed by atoms with Crippen LogP contribution in [0, 0.1) is 13.8 Å². The Morgan fingerprint density at radius 2 is 1.92 bits per heavy atom. The van der Waals surface area contributed by atoms with Gasteiger partial charge in [0.2, 0.25) is 16.0 Å². The van der Waals surface area contributed by atoms with Gasteiger partial charge in [0.15, 0.2) is 0 Å². The first-order chi connectivity index (χ1) is 11.9. The fraction of sp³-hybridized carbons (Fsp3) is 0.412. The van der Waals surface area contributed by atoms with Crippen LogP contribution in [0.25, 0.3) is 0 Å². The summed E-state index contributed by atoms with van der Waals surface area (Å²) >= 11 is 0. The Balaban J connectivity index is 1.75. The maximum absolute atomic E-state index is 12.4. The van der Waals surface area contributed by atoms with Gasteiger partial charge in [-0.15, -0.1) is 0 Å². The maximum Gasteiger partial charge on any atom is 0.240 e. The van der Waals surface area contributed by atoms with Crippen LogP contribution in [0.3, 0.4) is 0 Å². The molecular formula is C17H22N4O3S. The highest BCUT2D eigenvalue weighted by Gasteiger charge is 2.17. The van der Waals surface area contributed by atoms with Crippen molar-refractivity contribution in [1.82, 2.24) is 14.7 Å². The van der Waals surface area contributed by atoms with Gasteiger partial charge in [-0.1, -0.05) is 12.1 Å². The van der Waals surface area contributed by atoms with Crippen LogP contribution in [-0.4, -0.2) is 44.7 Å². The molecular weight excluding hydrogens is 340 g/mol. The first-order valence-corrected chi connectivity index (χ1v) is 9.66. The molecule has 0 amide bonds. The van der Waals surface area contributed by atoms with Crippen molar-refractivity contribution in [2.75, 3.05) is 31.2 Å². The summed E-state index contributed by atoms with van der Waals surface area (Å²) < 4.78 is 32.9. The third-order valence-corrected chi connectivity index (χ3v) is 5.33. The molecule has 134 valence electrons. The van der Waals surface area contributed by atoms with Crippen molar-refractivity contribution in [3.63, 3.8) is 0 Å². The first kappa shape index (κ1) is 17.8. The smallest absolute Gasteiger partial charge is 0.240 e. The zero-order valence-electron chi connectivity index (χ0n) is 14.4. The number of aryl methyl sites for hydroxylation is 2. The van der Waals surface area contributed by atoms with Gasteiger partial charge in [-0.2, -0.15) is 0 Å². The lowest BCUT2D eigenvalue weighted by Gasteiger charge is -2.27. The molecule has 1 saturated heterocycles. The summed E-state index contributed by atoms with van der Waals surface area (Å²) in [5.74, 6) is 0.619. The minimum absolute atomic E-state index is 0.122. The lowest BCUT2D eigenvalue weighted by Crippen LogP contribution is -2.37. The maximum atomic E-state index is 12.4. The number of sulfonamides is 1. The van der Waals surface area contributed by atoms with Gasteiger partial charge in [0.05, 0.1) is 30.3 Å². The molecule has 1 aliphatic heterocycles. The predicted octanol–water partition coefficient (Wildman–Crippen LogP) is 1.41. The molecule has 3 rings (SSSR count). The molecule has 7 nitrogen and oxygen atoms in total. The van der Waals surface area contributed by atoms with Crippen molar-refractivity contribution in [3.8, 4) is 0 Å². The van der Waals surface area contributed by atoms with Crippen molar-refractivity contribution < 1.29 is 13.2 Å². The second-order valence-corrected chi connectivity index (χ2v) is 7.81. The number of nitrogens with one attached hydrogen (secondary N) is 1. The molecule has 2 heterocycles. The van der Waals surface area contributed by atoms with Crippen LogP contribution >= 0.6 is 0 Å². The molecule has 0 bridgehead atoms. The van der Waals surface area contributed by atoms with E-state index in [9.17, 15) is 8.42 Å². The van der Waals surface area contributed by atoms with Gasteiger partial charge < -0.3 is 9.64 Å². The topological polar surface area (TPSA) is 84.4 Å². The fourth-order valence-corrected chi connectivity index (χ4v) is 3.75. The Labute approximate surface area is 148 Å². The average molecular weight is 362 g/mol. The van der Waals surface area contributed by atoms with E-state index in [0.29, 0.717) is 24.9 Å². The molecule has 0 aliphatic carbocycles. The zero-order chi connectivity index (χ0) is 17.9. The number of morpholine rings is 1. The predicted molar refractivity (Wildman–Crippen MR) is 95.0 cm³/mol. The van der Waals surface area contributed by atoms with Crippen molar-refractivity contribution in [2.45, 2.75) is 25.3 Å². The molecule has 1 aromatic carbocycles. The Bertz CT molecular complexity index is 849. The third-order valence-electron chi connectivity index (χ3n) is 3.93. The summed E-state index contributed by atoms with van der Waals surface area (Å²) in [7, 11) is -3.58. The highest BCUT2D eigenvalue weighted by molar-refractivity contribution is 7.89. The van der Waals surface area contributed by atoms with Crippen molar-refractivity contribution >= 4 is 16.0 Å². The summed E-state index contributed by atoms with van der Waals surface area (Å²) in [4.78, 5) is 11.3. The Kier molecular flexibility index (Phi) is 5.31. The van der Waals surface area contributed by atoms with Crippen molar-refractivity contribution in [3.05, 3.63) is 47.3 Å². The lowest BCUT2D eigenvalue weighted by atomic mass is 10.2. The monoisotopic (exact) mass is 362 g/mol. The number of hydrogen-bond donors (Lipinski definition) is 1. The fourth-order valence-electron chi connectivity index (χ4n) is 2.65. The number of aromatic nitrogens is 2.